The SMILES string of the molecule is COc1ccc(N/C=C(/C#N)C(=O)NCCCN2CCCC2=O)c(OC)c1. The van der Waals surface area contributed by atoms with Gasteiger partial charge in [0.05, 0.1) is 19.9 Å². The smallest absolute Gasteiger partial charge is 0.263 e. The maximum Gasteiger partial charge on any atom is 0.263 e. The van der Waals surface area contributed by atoms with Gasteiger partial charge >= 0.3 is 0 Å². The number of likely N-dealkylation sites (tertiary alicyclic amines) is 1. The highest BCUT2D eigenvalue weighted by Gasteiger charge is 2.19. The minimum atomic E-state index is -0.467. The molecule has 0 bridgehead atoms. The average molecular weight is 372 g/mol. The van der Waals surface area contributed by atoms with Gasteiger partial charge in [-0.15, -0.1) is 0 Å². The quantitative estimate of drug-likeness (QED) is 0.388. The number of carbonyl (C=O) groups excluding carboxylic acids is 2. The fourth-order valence-electron chi connectivity index (χ4n) is 2.72. The first kappa shape index (κ1) is 20.1. The Morgan fingerprint density at radius 3 is 2.81 bits per heavy atom. The fourth-order valence-corrected chi connectivity index (χ4v) is 2.72. The Bertz CT molecular complexity index is 755. The molecule has 0 unspecified atom stereocenters. The first-order valence-electron chi connectivity index (χ1n) is 8.74. The van der Waals surface area contributed by atoms with Gasteiger partial charge in [0.15, 0.2) is 0 Å². The fraction of sp³-hybridized carbons (Fsp3) is 0.421. The van der Waals surface area contributed by atoms with Gasteiger partial charge in [0.1, 0.15) is 23.1 Å². The Balaban J connectivity index is 1.86. The van der Waals surface area contributed by atoms with Crippen molar-refractivity contribution < 1.29 is 19.1 Å². The van der Waals surface area contributed by atoms with E-state index in [-0.39, 0.29) is 11.5 Å². The summed E-state index contributed by atoms with van der Waals surface area (Å²) in [5.74, 6) is 0.858. The van der Waals surface area contributed by atoms with Gasteiger partial charge in [0, 0.05) is 38.3 Å². The molecular weight excluding hydrogens is 348 g/mol. The number of hydrogen-bond acceptors (Lipinski definition) is 6. The summed E-state index contributed by atoms with van der Waals surface area (Å²) in [6, 6.07) is 7.04. The second kappa shape index (κ2) is 10.1. The van der Waals surface area contributed by atoms with E-state index in [0.717, 1.165) is 13.0 Å². The predicted molar refractivity (Wildman–Crippen MR) is 100 cm³/mol. The molecule has 2 amide bonds. The molecule has 0 atom stereocenters. The van der Waals surface area contributed by atoms with E-state index in [1.807, 2.05) is 6.07 Å². The molecule has 0 saturated carbocycles. The van der Waals surface area contributed by atoms with Crippen LogP contribution >= 0.6 is 0 Å². The van der Waals surface area contributed by atoms with Crippen LogP contribution in [0.4, 0.5) is 5.69 Å². The monoisotopic (exact) mass is 372 g/mol. The van der Waals surface area contributed by atoms with Crippen LogP contribution in [0.5, 0.6) is 11.5 Å². The summed E-state index contributed by atoms with van der Waals surface area (Å²) in [6.07, 6.45) is 3.49. The maximum absolute atomic E-state index is 12.1. The molecule has 2 rings (SSSR count). The van der Waals surface area contributed by atoms with E-state index in [0.29, 0.717) is 43.1 Å². The molecule has 2 N–H and O–H groups in total. The third-order valence-electron chi connectivity index (χ3n) is 4.21. The zero-order chi connectivity index (χ0) is 19.6. The van der Waals surface area contributed by atoms with Gasteiger partial charge in [-0.2, -0.15) is 5.26 Å². The molecule has 1 saturated heterocycles. The van der Waals surface area contributed by atoms with Crippen LogP contribution in [0.2, 0.25) is 0 Å². The number of methoxy groups -OCH3 is 2. The third-order valence-corrected chi connectivity index (χ3v) is 4.21. The molecule has 144 valence electrons. The summed E-state index contributed by atoms with van der Waals surface area (Å²) in [5.41, 5.74) is 0.552. The summed E-state index contributed by atoms with van der Waals surface area (Å²) in [4.78, 5) is 25.5. The zero-order valence-corrected chi connectivity index (χ0v) is 15.6. The summed E-state index contributed by atoms with van der Waals surface area (Å²) < 4.78 is 10.4. The Labute approximate surface area is 158 Å². The van der Waals surface area contributed by atoms with Gasteiger partial charge in [-0.1, -0.05) is 0 Å². The van der Waals surface area contributed by atoms with Gasteiger partial charge in [-0.05, 0) is 25.0 Å². The standard InChI is InChI=1S/C19H24N4O4/c1-26-15-6-7-16(17(11-15)27-2)22-13-14(12-20)19(25)21-8-4-10-23-9-3-5-18(23)24/h6-7,11,13,22H,3-5,8-10H2,1-2H3,(H,21,25)/b14-13-. The highest BCUT2D eigenvalue weighted by atomic mass is 16.5. The molecule has 1 aromatic carbocycles. The molecule has 27 heavy (non-hydrogen) atoms. The largest absolute Gasteiger partial charge is 0.497 e. The van der Waals surface area contributed by atoms with Gasteiger partial charge in [0.2, 0.25) is 5.91 Å². The van der Waals surface area contributed by atoms with Crippen LogP contribution in [0.15, 0.2) is 30.0 Å². The van der Waals surface area contributed by atoms with Gasteiger partial charge in [0.25, 0.3) is 5.91 Å². The summed E-state index contributed by atoms with van der Waals surface area (Å²) >= 11 is 0. The van der Waals surface area contributed by atoms with Gasteiger partial charge in [-0.3, -0.25) is 9.59 Å². The van der Waals surface area contributed by atoms with Crippen LogP contribution < -0.4 is 20.1 Å². The highest BCUT2D eigenvalue weighted by Crippen LogP contribution is 2.29. The van der Waals surface area contributed by atoms with E-state index in [1.54, 1.807) is 30.2 Å². The molecule has 1 heterocycles. The second-order valence-electron chi connectivity index (χ2n) is 5.97. The number of rotatable bonds is 9. The van der Waals surface area contributed by atoms with Crippen LogP contribution in [0, 0.1) is 11.3 Å². The van der Waals surface area contributed by atoms with Crippen molar-refractivity contribution in [1.82, 2.24) is 10.2 Å². The number of benzene rings is 1. The number of nitriles is 1. The number of nitrogens with zero attached hydrogens (tertiary/aromatic N) is 2. The number of carbonyl (C=O) groups is 2. The van der Waals surface area contributed by atoms with E-state index in [4.69, 9.17) is 9.47 Å². The number of amides is 2. The second-order valence-corrected chi connectivity index (χ2v) is 5.97. The average Bonchev–Trinajstić information content (AvgIpc) is 3.10. The van der Waals surface area contributed by atoms with Crippen molar-refractivity contribution in [1.29, 1.82) is 5.26 Å². The number of nitrogens with one attached hydrogen (secondary N) is 2. The molecule has 1 aliphatic heterocycles. The van der Waals surface area contributed by atoms with Crippen LogP contribution in [0.25, 0.3) is 0 Å². The molecule has 1 fully saturated rings. The Hall–Kier alpha value is -3.21. The molecule has 0 aliphatic carbocycles. The zero-order valence-electron chi connectivity index (χ0n) is 15.6. The summed E-state index contributed by atoms with van der Waals surface area (Å²) in [7, 11) is 3.08. The minimum Gasteiger partial charge on any atom is -0.497 e. The number of anilines is 1. The highest BCUT2D eigenvalue weighted by molar-refractivity contribution is 5.97. The van der Waals surface area contributed by atoms with E-state index in [2.05, 4.69) is 10.6 Å². The van der Waals surface area contributed by atoms with Crippen molar-refractivity contribution in [2.45, 2.75) is 19.3 Å². The van der Waals surface area contributed by atoms with Crippen molar-refractivity contribution in [3.63, 3.8) is 0 Å². The molecule has 1 aromatic rings. The number of hydrogen-bond donors (Lipinski definition) is 2. The minimum absolute atomic E-state index is 0.0508. The van der Waals surface area contributed by atoms with Crippen LogP contribution in [-0.2, 0) is 9.59 Å². The third kappa shape index (κ3) is 5.64. The molecule has 8 heteroatoms. The molecule has 8 nitrogen and oxygen atoms in total. The van der Waals surface area contributed by atoms with Crippen molar-refractivity contribution in [3.8, 4) is 17.6 Å². The first-order valence-corrected chi connectivity index (χ1v) is 8.74. The van der Waals surface area contributed by atoms with E-state index < -0.39 is 5.91 Å². The Kier molecular flexibility index (Phi) is 7.49. The van der Waals surface area contributed by atoms with Crippen molar-refractivity contribution >= 4 is 17.5 Å². The molecule has 0 spiro atoms. The van der Waals surface area contributed by atoms with Gasteiger partial charge < -0.3 is 25.0 Å². The summed E-state index contributed by atoms with van der Waals surface area (Å²) in [6.45, 7) is 1.79. The predicted octanol–water partition coefficient (Wildman–Crippen LogP) is 1.65. The van der Waals surface area contributed by atoms with E-state index in [9.17, 15) is 14.9 Å². The van der Waals surface area contributed by atoms with E-state index in [1.165, 1.54) is 13.3 Å². The van der Waals surface area contributed by atoms with E-state index >= 15 is 0 Å². The lowest BCUT2D eigenvalue weighted by atomic mass is 10.2. The van der Waals surface area contributed by atoms with Crippen LogP contribution in [0.1, 0.15) is 19.3 Å². The van der Waals surface area contributed by atoms with Crippen molar-refractivity contribution in [3.05, 3.63) is 30.0 Å². The van der Waals surface area contributed by atoms with Crippen molar-refractivity contribution in [2.75, 3.05) is 39.2 Å². The normalized spacial score (nSPS) is 13.9. The number of ether oxygens (including phenoxy) is 2. The lowest BCUT2D eigenvalue weighted by Crippen LogP contribution is -2.31. The lowest BCUT2D eigenvalue weighted by molar-refractivity contribution is -0.127. The molecular formula is C19H24N4O4. The van der Waals surface area contributed by atoms with Crippen LogP contribution in [0.3, 0.4) is 0 Å². The van der Waals surface area contributed by atoms with Gasteiger partial charge in [-0.25, -0.2) is 0 Å². The first-order chi connectivity index (χ1) is 13.1. The van der Waals surface area contributed by atoms with Crippen LogP contribution in [-0.4, -0.2) is 50.6 Å². The van der Waals surface area contributed by atoms with Crippen molar-refractivity contribution in [2.24, 2.45) is 0 Å². The lowest BCUT2D eigenvalue weighted by Gasteiger charge is -2.15. The topological polar surface area (TPSA) is 104 Å². The Morgan fingerprint density at radius 2 is 2.19 bits per heavy atom. The molecule has 0 radical (unpaired) electrons. The molecule has 0 aromatic heterocycles. The summed E-state index contributed by atoms with van der Waals surface area (Å²) in [5, 5.41) is 14.8. The molecule has 1 aliphatic rings. The maximum atomic E-state index is 12.1. The Morgan fingerprint density at radius 1 is 1.37 bits per heavy atom.